The van der Waals surface area contributed by atoms with Crippen LogP contribution in [0.3, 0.4) is 0 Å². The third-order valence-electron chi connectivity index (χ3n) is 1.59. The van der Waals surface area contributed by atoms with Crippen molar-refractivity contribution >= 4 is 7.25 Å². The van der Waals surface area contributed by atoms with Gasteiger partial charge >= 0.3 is 7.25 Å². The average Bonchev–Trinajstić information content (AvgIpc) is 2.57. The van der Waals surface area contributed by atoms with Gasteiger partial charge in [-0.15, -0.1) is 0 Å². The normalized spacial score (nSPS) is 9.89. The van der Waals surface area contributed by atoms with E-state index in [1.165, 1.54) is 12.8 Å². The maximum atomic E-state index is 10.1. The number of aryl methyl sites for hydroxylation is 2. The predicted molar refractivity (Wildman–Crippen MR) is 62.1 cm³/mol. The van der Waals surface area contributed by atoms with E-state index >= 15 is 0 Å². The van der Waals surface area contributed by atoms with Crippen LogP contribution in [0.25, 0.3) is 0 Å². The molecule has 1 aromatic heterocycles. The molecule has 1 aromatic rings. The molecule has 19 heavy (non-hydrogen) atoms. The maximum Gasteiger partial charge on any atom is 0.673 e. The zero-order valence-corrected chi connectivity index (χ0v) is 10.8. The molecule has 0 radical (unpaired) electrons. The summed E-state index contributed by atoms with van der Waals surface area (Å²) in [4.78, 5) is 0. The van der Waals surface area contributed by atoms with Crippen LogP contribution in [0, 0.1) is 0 Å². The molecule has 0 atom stereocenters. The zero-order chi connectivity index (χ0) is 15.5. The summed E-state index contributed by atoms with van der Waals surface area (Å²) < 4.78 is 63.6. The molecule has 2 nitrogen and oxygen atoms in total. The Balaban J connectivity index is 0. The van der Waals surface area contributed by atoms with Gasteiger partial charge in [-0.25, -0.2) is 9.13 Å². The molecule has 0 saturated heterocycles. The van der Waals surface area contributed by atoms with Gasteiger partial charge in [-0.05, 0) is 13.0 Å². The van der Waals surface area contributed by atoms with Crippen LogP contribution < -0.4 is 4.57 Å². The highest BCUT2D eigenvalue weighted by Gasteiger charge is 2.20. The van der Waals surface area contributed by atoms with Gasteiger partial charge in [-0.2, -0.15) is 8.78 Å². The molecule has 1 heterocycles. The van der Waals surface area contributed by atoms with Crippen LogP contribution in [0.5, 0.6) is 0 Å². The Morgan fingerprint density at radius 3 is 1.95 bits per heavy atom. The molecule has 1 rings (SSSR count). The number of unbranched alkanes of at least 4 members (excludes halogenated alkanes) is 1. The Kier molecular flexibility index (Phi) is 11.0. The minimum Gasteiger partial charge on any atom is -0.418 e. The summed E-state index contributed by atoms with van der Waals surface area (Å²) in [6, 6.07) is 0. The van der Waals surface area contributed by atoms with Crippen LogP contribution in [-0.4, -0.2) is 11.8 Å². The van der Waals surface area contributed by atoms with Crippen molar-refractivity contribution in [2.24, 2.45) is 7.05 Å². The molecule has 0 aliphatic carbocycles. The molecule has 112 valence electrons. The second-order valence-corrected chi connectivity index (χ2v) is 3.50. The van der Waals surface area contributed by atoms with Crippen LogP contribution in [0.2, 0.25) is 0 Å². The Labute approximate surface area is 108 Å². The zero-order valence-electron chi connectivity index (χ0n) is 10.8. The quantitative estimate of drug-likeness (QED) is 0.455. The van der Waals surface area contributed by atoms with Crippen LogP contribution >= 0.6 is 0 Å². The number of rotatable bonds is 3. The molecule has 0 saturated carbocycles. The summed E-state index contributed by atoms with van der Waals surface area (Å²) in [5.74, 6) is 0. The summed E-state index contributed by atoms with van der Waals surface area (Å²) in [6.45, 7) is 5.58. The van der Waals surface area contributed by atoms with Crippen molar-refractivity contribution in [1.82, 2.24) is 4.57 Å². The molecule has 0 fully saturated rings. The van der Waals surface area contributed by atoms with E-state index in [1.807, 2.05) is 7.05 Å². The number of hydrogen-bond acceptors (Lipinski definition) is 0. The SMILES string of the molecule is C=C(F)F.CCCCn1cc[n+](C)c1.F[B-](F)(F)F. The Bertz CT molecular complexity index is 340. The van der Waals surface area contributed by atoms with Gasteiger partial charge in [0.15, 0.2) is 0 Å². The molecule has 0 N–H and O–H groups in total. The van der Waals surface area contributed by atoms with Crippen molar-refractivity contribution in [3.63, 3.8) is 0 Å². The Morgan fingerprint density at radius 1 is 1.26 bits per heavy atom. The van der Waals surface area contributed by atoms with Gasteiger partial charge in [0.25, 0.3) is 6.08 Å². The van der Waals surface area contributed by atoms with Gasteiger partial charge in [-0.1, -0.05) is 13.3 Å². The highest BCUT2D eigenvalue weighted by molar-refractivity contribution is 6.50. The van der Waals surface area contributed by atoms with Crippen molar-refractivity contribution in [1.29, 1.82) is 0 Å². The van der Waals surface area contributed by atoms with Crippen molar-refractivity contribution in [2.45, 2.75) is 26.3 Å². The van der Waals surface area contributed by atoms with Gasteiger partial charge in [0.1, 0.15) is 12.4 Å². The molecule has 0 aromatic carbocycles. The van der Waals surface area contributed by atoms with Crippen LogP contribution in [0.15, 0.2) is 31.4 Å². The van der Waals surface area contributed by atoms with E-state index in [4.69, 9.17) is 0 Å². The summed E-state index contributed by atoms with van der Waals surface area (Å²) in [7, 11) is -3.96. The average molecular weight is 290 g/mol. The first kappa shape index (κ1) is 19.9. The first-order chi connectivity index (χ1) is 8.56. The number of halogens is 6. The van der Waals surface area contributed by atoms with E-state index < -0.39 is 13.3 Å². The third-order valence-corrected chi connectivity index (χ3v) is 1.59. The van der Waals surface area contributed by atoms with E-state index in [0.717, 1.165) is 6.54 Å². The van der Waals surface area contributed by atoms with Gasteiger partial charge in [0, 0.05) is 0 Å². The lowest BCUT2D eigenvalue weighted by Gasteiger charge is -1.94. The number of imidazole rings is 1. The molecule has 0 amide bonds. The lowest BCUT2D eigenvalue weighted by atomic mass is 10.3. The summed E-state index contributed by atoms with van der Waals surface area (Å²) in [5.41, 5.74) is 0. The second-order valence-electron chi connectivity index (χ2n) is 3.50. The molecule has 0 bridgehead atoms. The highest BCUT2D eigenvalue weighted by atomic mass is 19.5. The molecule has 0 unspecified atom stereocenters. The van der Waals surface area contributed by atoms with E-state index in [2.05, 4.69) is 41.4 Å². The van der Waals surface area contributed by atoms with Crippen LogP contribution in [0.4, 0.5) is 26.0 Å². The Hall–Kier alpha value is -1.41. The van der Waals surface area contributed by atoms with Gasteiger partial charge in [0.2, 0.25) is 6.33 Å². The molecular formula is C10H17BF6N2. The lowest BCUT2D eigenvalue weighted by molar-refractivity contribution is -0.671. The second kappa shape index (κ2) is 10.5. The topological polar surface area (TPSA) is 8.81 Å². The minimum atomic E-state index is -6.00. The molecule has 0 spiro atoms. The van der Waals surface area contributed by atoms with Crippen molar-refractivity contribution in [3.8, 4) is 0 Å². The number of aromatic nitrogens is 2. The first-order valence-corrected chi connectivity index (χ1v) is 5.44. The van der Waals surface area contributed by atoms with E-state index in [-0.39, 0.29) is 0 Å². The standard InChI is InChI=1S/C8H15N2.C2H2F2.BF4/c1-3-4-5-10-7-6-9(2)8-10;1-2(3)4;2-1(3,4)5/h6-8H,3-5H2,1-2H3;1H2;/q+1;;-1. The fourth-order valence-corrected chi connectivity index (χ4v) is 0.975. The van der Waals surface area contributed by atoms with E-state index in [1.54, 1.807) is 0 Å². The summed E-state index contributed by atoms with van der Waals surface area (Å²) in [5, 5.41) is 0. The van der Waals surface area contributed by atoms with Crippen LogP contribution in [0.1, 0.15) is 19.8 Å². The largest absolute Gasteiger partial charge is 0.673 e. The predicted octanol–water partition coefficient (Wildman–Crippen LogP) is 3.81. The molecular weight excluding hydrogens is 273 g/mol. The van der Waals surface area contributed by atoms with E-state index in [0.29, 0.717) is 0 Å². The van der Waals surface area contributed by atoms with Gasteiger partial charge < -0.3 is 17.3 Å². The third kappa shape index (κ3) is 26.3. The molecule has 9 heteroatoms. The van der Waals surface area contributed by atoms with Gasteiger partial charge in [-0.3, -0.25) is 0 Å². The van der Waals surface area contributed by atoms with E-state index in [9.17, 15) is 26.0 Å². The van der Waals surface area contributed by atoms with Crippen molar-refractivity contribution < 1.29 is 30.6 Å². The lowest BCUT2D eigenvalue weighted by Crippen LogP contribution is -2.23. The Morgan fingerprint density at radius 2 is 1.68 bits per heavy atom. The minimum absolute atomic E-state index is 1.15. The highest BCUT2D eigenvalue weighted by Crippen LogP contribution is 2.06. The monoisotopic (exact) mass is 290 g/mol. The maximum absolute atomic E-state index is 10.1. The first-order valence-electron chi connectivity index (χ1n) is 5.44. The molecule has 0 aliphatic rings. The fourth-order valence-electron chi connectivity index (χ4n) is 0.975. The van der Waals surface area contributed by atoms with Gasteiger partial charge in [0.05, 0.1) is 13.6 Å². The number of hydrogen-bond donors (Lipinski definition) is 0. The fraction of sp³-hybridized carbons (Fsp3) is 0.500. The van der Waals surface area contributed by atoms with Crippen molar-refractivity contribution in [3.05, 3.63) is 31.4 Å². The molecule has 0 aliphatic heterocycles. The smallest absolute Gasteiger partial charge is 0.418 e. The summed E-state index contributed by atoms with van der Waals surface area (Å²) in [6.07, 6.45) is 6.98. The van der Waals surface area contributed by atoms with Crippen molar-refractivity contribution in [2.75, 3.05) is 0 Å². The number of nitrogens with zero attached hydrogens (tertiary/aromatic N) is 2. The van der Waals surface area contributed by atoms with Crippen LogP contribution in [-0.2, 0) is 13.6 Å². The summed E-state index contributed by atoms with van der Waals surface area (Å²) >= 11 is 0.